The van der Waals surface area contributed by atoms with Crippen LogP contribution in [0.5, 0.6) is 5.75 Å². The van der Waals surface area contributed by atoms with Crippen LogP contribution in [0.3, 0.4) is 0 Å². The van der Waals surface area contributed by atoms with E-state index in [1.807, 2.05) is 91.0 Å². The first-order chi connectivity index (χ1) is 17.0. The normalized spacial score (nSPS) is 11.5. The second kappa shape index (κ2) is 9.49. The van der Waals surface area contributed by atoms with E-state index < -0.39 is 5.60 Å². The van der Waals surface area contributed by atoms with E-state index in [1.165, 1.54) is 0 Å². The smallest absolute Gasteiger partial charge is 0.258 e. The lowest BCUT2D eigenvalue weighted by Crippen LogP contribution is -2.38. The molecule has 3 aromatic carbocycles. The van der Waals surface area contributed by atoms with Crippen molar-refractivity contribution >= 4 is 26.8 Å². The van der Waals surface area contributed by atoms with Gasteiger partial charge in [-0.3, -0.25) is 9.78 Å². The van der Waals surface area contributed by atoms with E-state index >= 15 is 0 Å². The Kier molecular flexibility index (Phi) is 6.24. The van der Waals surface area contributed by atoms with E-state index in [9.17, 15) is 9.90 Å². The average molecular weight is 527 g/mol. The number of ether oxygens (including phenoxy) is 1. The Labute approximate surface area is 211 Å². The lowest BCUT2D eigenvalue weighted by Gasteiger charge is -2.30. The van der Waals surface area contributed by atoms with Gasteiger partial charge in [0.2, 0.25) is 0 Å². The van der Waals surface area contributed by atoms with Crippen LogP contribution in [0.25, 0.3) is 10.9 Å². The lowest BCUT2D eigenvalue weighted by molar-refractivity contribution is 0.124. The molecule has 0 aliphatic carbocycles. The maximum absolute atomic E-state index is 14.2. The van der Waals surface area contributed by atoms with Crippen LogP contribution < -0.4 is 10.3 Å². The summed E-state index contributed by atoms with van der Waals surface area (Å²) in [5.74, 6) is 0.612. The van der Waals surface area contributed by atoms with Gasteiger partial charge < -0.3 is 14.4 Å². The molecule has 1 N–H and O–H groups in total. The number of rotatable bonds is 6. The highest BCUT2D eigenvalue weighted by molar-refractivity contribution is 9.10. The van der Waals surface area contributed by atoms with Crippen molar-refractivity contribution in [3.05, 3.63) is 140 Å². The van der Waals surface area contributed by atoms with Crippen molar-refractivity contribution in [3.63, 3.8) is 0 Å². The summed E-state index contributed by atoms with van der Waals surface area (Å²) in [4.78, 5) is 18.6. The Morgan fingerprint density at radius 3 is 2.11 bits per heavy atom. The molecule has 2 aromatic heterocycles. The molecule has 5 rings (SSSR count). The molecule has 0 saturated carbocycles. The van der Waals surface area contributed by atoms with Gasteiger partial charge in [-0.05, 0) is 51.3 Å². The summed E-state index contributed by atoms with van der Waals surface area (Å²) >= 11 is 3.57. The Bertz CT molecular complexity index is 1500. The highest BCUT2D eigenvalue weighted by atomic mass is 79.9. The molecule has 174 valence electrons. The number of methoxy groups -OCH3 is 1. The Morgan fingerprint density at radius 1 is 0.914 bits per heavy atom. The summed E-state index contributed by atoms with van der Waals surface area (Å²) in [7, 11) is 1.59. The van der Waals surface area contributed by atoms with Crippen molar-refractivity contribution in [1.82, 2.24) is 9.55 Å². The van der Waals surface area contributed by atoms with Crippen LogP contribution in [-0.2, 0) is 12.1 Å². The van der Waals surface area contributed by atoms with E-state index in [-0.39, 0.29) is 17.7 Å². The van der Waals surface area contributed by atoms with Gasteiger partial charge in [-0.25, -0.2) is 0 Å². The van der Waals surface area contributed by atoms with E-state index in [0.717, 1.165) is 15.6 Å². The van der Waals surface area contributed by atoms with Gasteiger partial charge in [-0.1, -0.05) is 66.7 Å². The zero-order chi connectivity index (χ0) is 24.4. The van der Waals surface area contributed by atoms with E-state index in [1.54, 1.807) is 23.9 Å². The maximum Gasteiger partial charge on any atom is 0.258 e. The molecule has 0 aliphatic heterocycles. The molecule has 0 aliphatic rings. The summed E-state index contributed by atoms with van der Waals surface area (Å²) < 4.78 is 7.91. The van der Waals surface area contributed by atoms with Crippen LogP contribution >= 0.6 is 15.9 Å². The lowest BCUT2D eigenvalue weighted by atomic mass is 9.80. The molecule has 0 bridgehead atoms. The standard InChI is InChI=1S/C29H23BrN2O3/c1-35-27-18-26-20(17-25(27)30)16-24(28(33)32(26)19-23-14-8-9-15-31-23)29(34,21-10-4-2-5-11-21)22-12-6-3-7-13-22/h2-18,34H,19H2,1H3. The molecule has 5 aromatic rings. The highest BCUT2D eigenvalue weighted by Crippen LogP contribution is 2.37. The molecule has 6 heteroatoms. The Morgan fingerprint density at radius 2 is 1.54 bits per heavy atom. The summed E-state index contributed by atoms with van der Waals surface area (Å²) in [5, 5.41) is 13.1. The predicted octanol–water partition coefficient (Wildman–Crippen LogP) is 5.50. The Hall–Kier alpha value is -3.74. The first-order valence-corrected chi connectivity index (χ1v) is 12.0. The second-order valence-electron chi connectivity index (χ2n) is 8.26. The van der Waals surface area contributed by atoms with Gasteiger partial charge in [0.1, 0.15) is 11.4 Å². The first kappa shape index (κ1) is 23.0. The minimum atomic E-state index is -1.66. The summed E-state index contributed by atoms with van der Waals surface area (Å²) in [5.41, 5.74) is 0.940. The van der Waals surface area contributed by atoms with Gasteiger partial charge in [0, 0.05) is 17.6 Å². The van der Waals surface area contributed by atoms with E-state index in [4.69, 9.17) is 4.74 Å². The van der Waals surface area contributed by atoms with Crippen molar-refractivity contribution in [3.8, 4) is 5.75 Å². The first-order valence-electron chi connectivity index (χ1n) is 11.2. The minimum absolute atomic E-state index is 0.245. The number of aromatic nitrogens is 2. The number of fused-ring (bicyclic) bond motifs is 1. The molecule has 5 nitrogen and oxygen atoms in total. The number of hydrogen-bond donors (Lipinski definition) is 1. The van der Waals surface area contributed by atoms with E-state index in [0.29, 0.717) is 22.4 Å². The van der Waals surface area contributed by atoms with Gasteiger partial charge in [0.05, 0.1) is 34.9 Å². The number of halogens is 1. The van der Waals surface area contributed by atoms with Crippen LogP contribution in [0.15, 0.2) is 113 Å². The fourth-order valence-corrected chi connectivity index (χ4v) is 4.97. The van der Waals surface area contributed by atoms with Crippen molar-refractivity contribution in [2.24, 2.45) is 0 Å². The quantitative estimate of drug-likeness (QED) is 0.317. The fourth-order valence-electron chi connectivity index (χ4n) is 4.44. The maximum atomic E-state index is 14.2. The molecule has 0 spiro atoms. The third-order valence-corrected chi connectivity index (χ3v) is 6.81. The molecule has 2 heterocycles. The molecule has 0 radical (unpaired) electrons. The van der Waals surface area contributed by atoms with Crippen molar-refractivity contribution in [2.75, 3.05) is 7.11 Å². The van der Waals surface area contributed by atoms with Crippen LogP contribution in [-0.4, -0.2) is 21.8 Å². The molecule has 0 fully saturated rings. The van der Waals surface area contributed by atoms with Gasteiger partial charge in [-0.2, -0.15) is 0 Å². The van der Waals surface area contributed by atoms with Crippen LogP contribution in [0.2, 0.25) is 0 Å². The number of nitrogens with zero attached hydrogens (tertiary/aromatic N) is 2. The van der Waals surface area contributed by atoms with Gasteiger partial charge in [0.25, 0.3) is 5.56 Å². The van der Waals surface area contributed by atoms with Gasteiger partial charge >= 0.3 is 0 Å². The molecule has 0 unspecified atom stereocenters. The van der Waals surface area contributed by atoms with Gasteiger partial charge in [-0.15, -0.1) is 0 Å². The largest absolute Gasteiger partial charge is 0.495 e. The number of aliphatic hydroxyl groups is 1. The molecule has 0 saturated heterocycles. The molecule has 0 amide bonds. The third kappa shape index (κ3) is 4.16. The number of benzene rings is 3. The zero-order valence-electron chi connectivity index (χ0n) is 19.1. The number of pyridine rings is 2. The molecular weight excluding hydrogens is 504 g/mol. The monoisotopic (exact) mass is 526 g/mol. The molecule has 0 atom stereocenters. The minimum Gasteiger partial charge on any atom is -0.495 e. The highest BCUT2D eigenvalue weighted by Gasteiger charge is 2.37. The fraction of sp³-hybridized carbons (Fsp3) is 0.103. The summed E-state index contributed by atoms with van der Waals surface area (Å²) in [6, 6.07) is 29.7. The third-order valence-electron chi connectivity index (χ3n) is 6.19. The zero-order valence-corrected chi connectivity index (χ0v) is 20.6. The summed E-state index contributed by atoms with van der Waals surface area (Å²) in [6.07, 6.45) is 1.70. The van der Waals surface area contributed by atoms with Gasteiger partial charge in [0.15, 0.2) is 0 Å². The second-order valence-corrected chi connectivity index (χ2v) is 9.11. The molecular formula is C29H23BrN2O3. The predicted molar refractivity (Wildman–Crippen MR) is 141 cm³/mol. The number of hydrogen-bond acceptors (Lipinski definition) is 4. The topological polar surface area (TPSA) is 64.3 Å². The van der Waals surface area contributed by atoms with Crippen molar-refractivity contribution in [1.29, 1.82) is 0 Å². The molecule has 35 heavy (non-hydrogen) atoms. The summed E-state index contributed by atoms with van der Waals surface area (Å²) in [6.45, 7) is 0.245. The van der Waals surface area contributed by atoms with Crippen LogP contribution in [0, 0.1) is 0 Å². The SMILES string of the molecule is COc1cc2c(cc1Br)cc(C(O)(c1ccccc1)c1ccccc1)c(=O)n2Cc1ccccn1. The van der Waals surface area contributed by atoms with E-state index in [2.05, 4.69) is 20.9 Å². The van der Waals surface area contributed by atoms with Crippen LogP contribution in [0.4, 0.5) is 0 Å². The van der Waals surface area contributed by atoms with Crippen LogP contribution in [0.1, 0.15) is 22.4 Å². The van der Waals surface area contributed by atoms with Crippen molar-refractivity contribution < 1.29 is 9.84 Å². The average Bonchev–Trinajstić information content (AvgIpc) is 2.91. The Balaban J connectivity index is 1.86. The van der Waals surface area contributed by atoms with Crippen molar-refractivity contribution in [2.45, 2.75) is 12.1 Å².